The van der Waals surface area contributed by atoms with E-state index in [0.29, 0.717) is 5.56 Å². The highest BCUT2D eigenvalue weighted by Crippen LogP contribution is 2.25. The number of alkyl halides is 1. The van der Waals surface area contributed by atoms with Crippen LogP contribution >= 0.6 is 11.6 Å². The van der Waals surface area contributed by atoms with Crippen molar-refractivity contribution in [1.82, 2.24) is 0 Å². The zero-order chi connectivity index (χ0) is 15.2. The van der Waals surface area contributed by atoms with Gasteiger partial charge in [-0.3, -0.25) is 10.1 Å². The van der Waals surface area contributed by atoms with Crippen LogP contribution in [-0.2, 0) is 4.74 Å². The Balaban J connectivity index is 2.00. The summed E-state index contributed by atoms with van der Waals surface area (Å²) in [6, 6.07) is 5.42. The van der Waals surface area contributed by atoms with Gasteiger partial charge in [-0.15, -0.1) is 11.6 Å². The van der Waals surface area contributed by atoms with Crippen molar-refractivity contribution in [3.63, 3.8) is 0 Å². The zero-order valence-electron chi connectivity index (χ0n) is 11.7. The van der Waals surface area contributed by atoms with E-state index in [-0.39, 0.29) is 17.2 Å². The summed E-state index contributed by atoms with van der Waals surface area (Å²) in [4.78, 5) is 22.2. The molecular weight excluding hydrogens is 294 g/mol. The molecule has 0 radical (unpaired) electrons. The predicted octanol–water partition coefficient (Wildman–Crippen LogP) is 4.08. The van der Waals surface area contributed by atoms with Gasteiger partial charge in [-0.05, 0) is 31.4 Å². The summed E-state index contributed by atoms with van der Waals surface area (Å²) in [6.07, 6.45) is 5.70. The number of non-ortho nitro benzene ring substituents is 1. The van der Waals surface area contributed by atoms with Crippen molar-refractivity contribution in [3.05, 3.63) is 39.9 Å². The average molecular weight is 312 g/mol. The molecule has 1 aliphatic rings. The number of esters is 1. The molecule has 0 bridgehead atoms. The SMILES string of the molecule is O=C(O[C@H]1CCCCCC[C@H]1Cl)c1ccc([N+](=O)[O-])cc1. The summed E-state index contributed by atoms with van der Waals surface area (Å²) < 4.78 is 5.48. The number of carbonyl (C=O) groups is 1. The van der Waals surface area contributed by atoms with Crippen LogP contribution in [0.5, 0.6) is 0 Å². The topological polar surface area (TPSA) is 69.4 Å². The Morgan fingerprint density at radius 1 is 1.14 bits per heavy atom. The second-order valence-corrected chi connectivity index (χ2v) is 5.82. The minimum absolute atomic E-state index is 0.0484. The van der Waals surface area contributed by atoms with E-state index in [9.17, 15) is 14.9 Å². The van der Waals surface area contributed by atoms with Gasteiger partial charge in [0.05, 0.1) is 15.9 Å². The minimum atomic E-state index is -0.501. The van der Waals surface area contributed by atoms with Crippen molar-refractivity contribution >= 4 is 23.3 Å². The number of hydrogen-bond acceptors (Lipinski definition) is 4. The summed E-state index contributed by atoms with van der Waals surface area (Å²) in [5.74, 6) is -0.471. The molecule has 0 heterocycles. The third kappa shape index (κ3) is 4.43. The molecule has 0 amide bonds. The van der Waals surface area contributed by atoms with Gasteiger partial charge >= 0.3 is 5.97 Å². The van der Waals surface area contributed by atoms with E-state index < -0.39 is 10.9 Å². The molecule has 6 heteroatoms. The molecule has 2 rings (SSSR count). The first kappa shape index (κ1) is 15.8. The van der Waals surface area contributed by atoms with Gasteiger partial charge in [0.15, 0.2) is 0 Å². The van der Waals surface area contributed by atoms with E-state index >= 15 is 0 Å². The molecule has 1 aromatic rings. The highest BCUT2D eigenvalue weighted by Gasteiger charge is 2.25. The molecule has 1 fully saturated rings. The van der Waals surface area contributed by atoms with Gasteiger partial charge in [0.25, 0.3) is 5.69 Å². The summed E-state index contributed by atoms with van der Waals surface area (Å²) in [5, 5.41) is 10.4. The van der Waals surface area contributed by atoms with Crippen LogP contribution in [-0.4, -0.2) is 22.4 Å². The van der Waals surface area contributed by atoms with Crippen LogP contribution in [0.4, 0.5) is 5.69 Å². The molecule has 0 N–H and O–H groups in total. The van der Waals surface area contributed by atoms with E-state index in [1.807, 2.05) is 0 Å². The third-order valence-corrected chi connectivity index (χ3v) is 4.19. The van der Waals surface area contributed by atoms with Crippen LogP contribution in [0.3, 0.4) is 0 Å². The highest BCUT2D eigenvalue weighted by molar-refractivity contribution is 6.21. The third-order valence-electron chi connectivity index (χ3n) is 3.69. The van der Waals surface area contributed by atoms with E-state index in [4.69, 9.17) is 16.3 Å². The molecule has 0 aromatic heterocycles. The van der Waals surface area contributed by atoms with Gasteiger partial charge in [-0.1, -0.05) is 19.3 Å². The normalized spacial score (nSPS) is 22.9. The molecule has 1 aromatic carbocycles. The number of carbonyl (C=O) groups excluding carboxylic acids is 1. The number of nitro groups is 1. The van der Waals surface area contributed by atoms with E-state index in [1.165, 1.54) is 30.7 Å². The Kier molecular flexibility index (Phi) is 5.56. The second-order valence-electron chi connectivity index (χ2n) is 5.26. The van der Waals surface area contributed by atoms with Gasteiger partial charge in [0.1, 0.15) is 6.10 Å². The number of ether oxygens (including phenoxy) is 1. The van der Waals surface area contributed by atoms with Crippen molar-refractivity contribution < 1.29 is 14.5 Å². The molecule has 21 heavy (non-hydrogen) atoms. The monoisotopic (exact) mass is 311 g/mol. The van der Waals surface area contributed by atoms with Crippen molar-refractivity contribution in [3.8, 4) is 0 Å². The zero-order valence-corrected chi connectivity index (χ0v) is 12.4. The van der Waals surface area contributed by atoms with E-state index in [2.05, 4.69) is 0 Å². The Morgan fingerprint density at radius 3 is 2.38 bits per heavy atom. The molecule has 5 nitrogen and oxygen atoms in total. The minimum Gasteiger partial charge on any atom is -0.457 e. The molecule has 1 aliphatic carbocycles. The first-order chi connectivity index (χ1) is 10.1. The van der Waals surface area contributed by atoms with Crippen LogP contribution < -0.4 is 0 Å². The predicted molar refractivity (Wildman–Crippen MR) is 79.6 cm³/mol. The van der Waals surface area contributed by atoms with Gasteiger partial charge in [0, 0.05) is 12.1 Å². The molecule has 1 saturated carbocycles. The molecule has 0 aliphatic heterocycles. The maximum absolute atomic E-state index is 12.1. The van der Waals surface area contributed by atoms with Gasteiger partial charge in [-0.25, -0.2) is 4.79 Å². The number of nitro benzene ring substituents is 1. The lowest BCUT2D eigenvalue weighted by atomic mass is 9.98. The molecule has 0 spiro atoms. The lowest BCUT2D eigenvalue weighted by molar-refractivity contribution is -0.384. The standard InChI is InChI=1S/C15H18ClNO4/c16-13-5-3-1-2-4-6-14(13)21-15(18)11-7-9-12(10-8-11)17(19)20/h7-10,13-14H,1-6H2/t13-,14+/m1/s1. The van der Waals surface area contributed by atoms with Crippen LogP contribution in [0.15, 0.2) is 24.3 Å². The first-order valence-electron chi connectivity index (χ1n) is 7.17. The number of nitrogens with zero attached hydrogens (tertiary/aromatic N) is 1. The maximum atomic E-state index is 12.1. The van der Waals surface area contributed by atoms with Crippen molar-refractivity contribution in [2.45, 2.75) is 50.0 Å². The van der Waals surface area contributed by atoms with Crippen molar-refractivity contribution in [2.24, 2.45) is 0 Å². The first-order valence-corrected chi connectivity index (χ1v) is 7.61. The summed E-state index contributed by atoms with van der Waals surface area (Å²) in [6.45, 7) is 0. The van der Waals surface area contributed by atoms with Crippen LogP contribution in [0.25, 0.3) is 0 Å². The lowest BCUT2D eigenvalue weighted by Gasteiger charge is -2.24. The highest BCUT2D eigenvalue weighted by atomic mass is 35.5. The Bertz CT molecular complexity index is 503. The van der Waals surface area contributed by atoms with Gasteiger partial charge in [-0.2, -0.15) is 0 Å². The molecule has 2 atom stereocenters. The number of rotatable bonds is 3. The van der Waals surface area contributed by atoms with Crippen molar-refractivity contribution in [1.29, 1.82) is 0 Å². The quantitative estimate of drug-likeness (QED) is 0.365. The van der Waals surface area contributed by atoms with Gasteiger partial charge in [0.2, 0.25) is 0 Å². The summed E-state index contributed by atoms with van der Waals surface area (Å²) in [7, 11) is 0. The van der Waals surface area contributed by atoms with Crippen LogP contribution in [0, 0.1) is 10.1 Å². The average Bonchev–Trinajstić information content (AvgIpc) is 2.47. The van der Waals surface area contributed by atoms with E-state index in [0.717, 1.165) is 32.1 Å². The van der Waals surface area contributed by atoms with Gasteiger partial charge < -0.3 is 4.74 Å². The fourth-order valence-electron chi connectivity index (χ4n) is 2.46. The number of benzene rings is 1. The second kappa shape index (κ2) is 7.41. The molecular formula is C15H18ClNO4. The fourth-order valence-corrected chi connectivity index (χ4v) is 2.79. The van der Waals surface area contributed by atoms with E-state index in [1.54, 1.807) is 0 Å². The number of hydrogen-bond donors (Lipinski definition) is 0. The number of halogens is 1. The maximum Gasteiger partial charge on any atom is 0.338 e. The van der Waals surface area contributed by atoms with Crippen LogP contribution in [0.1, 0.15) is 48.9 Å². The summed E-state index contributed by atoms with van der Waals surface area (Å²) >= 11 is 6.29. The Morgan fingerprint density at radius 2 is 1.76 bits per heavy atom. The Hall–Kier alpha value is -1.62. The molecule has 0 saturated heterocycles. The lowest BCUT2D eigenvalue weighted by Crippen LogP contribution is -2.28. The fraction of sp³-hybridized carbons (Fsp3) is 0.533. The van der Waals surface area contributed by atoms with Crippen LogP contribution in [0.2, 0.25) is 0 Å². The Labute approximate surface area is 128 Å². The molecule has 0 unspecified atom stereocenters. The molecule has 114 valence electrons. The van der Waals surface area contributed by atoms with Crippen molar-refractivity contribution in [2.75, 3.05) is 0 Å². The smallest absolute Gasteiger partial charge is 0.338 e. The largest absolute Gasteiger partial charge is 0.457 e. The summed E-state index contributed by atoms with van der Waals surface area (Å²) in [5.41, 5.74) is 0.263.